The van der Waals surface area contributed by atoms with E-state index in [2.05, 4.69) is 11.4 Å². The smallest absolute Gasteiger partial charge is 0.258 e. The predicted octanol–water partition coefficient (Wildman–Crippen LogP) is 7.65. The van der Waals surface area contributed by atoms with Crippen LogP contribution in [0.5, 0.6) is 0 Å². The zero-order valence-corrected chi connectivity index (χ0v) is 20.7. The maximum atomic E-state index is 13.6. The van der Waals surface area contributed by atoms with E-state index in [1.165, 1.54) is 11.6 Å². The number of hydrogen-bond acceptors (Lipinski definition) is 2. The molecule has 0 atom stereocenters. The van der Waals surface area contributed by atoms with Crippen LogP contribution >= 0.6 is 34.8 Å². The fourth-order valence-electron chi connectivity index (χ4n) is 4.21. The lowest BCUT2D eigenvalue weighted by Crippen LogP contribution is -2.30. The van der Waals surface area contributed by atoms with Crippen molar-refractivity contribution in [3.8, 4) is 0 Å². The van der Waals surface area contributed by atoms with Crippen LogP contribution in [0, 0.1) is 0 Å². The molecule has 1 aliphatic rings. The van der Waals surface area contributed by atoms with Crippen molar-refractivity contribution in [1.29, 1.82) is 0 Å². The van der Waals surface area contributed by atoms with Gasteiger partial charge in [0.1, 0.15) is 0 Å². The number of rotatable bonds is 3. The van der Waals surface area contributed by atoms with Crippen molar-refractivity contribution in [3.63, 3.8) is 0 Å². The van der Waals surface area contributed by atoms with Gasteiger partial charge in [0.2, 0.25) is 0 Å². The Kier molecular flexibility index (Phi) is 6.52. The van der Waals surface area contributed by atoms with Gasteiger partial charge in [0.25, 0.3) is 11.8 Å². The average Bonchev–Trinajstić information content (AvgIpc) is 3.00. The first-order valence-corrected chi connectivity index (χ1v) is 12.1. The highest BCUT2D eigenvalue weighted by Crippen LogP contribution is 2.33. The minimum absolute atomic E-state index is 0.135. The molecule has 35 heavy (non-hydrogen) atoms. The molecule has 174 valence electrons. The van der Waals surface area contributed by atoms with E-state index >= 15 is 0 Å². The topological polar surface area (TPSA) is 49.4 Å². The highest BCUT2D eigenvalue weighted by Gasteiger charge is 2.25. The standard InChI is InChI=1S/C28H19Cl3N2O2/c29-21-8-12-26-20(14-21)13-18-3-1-2-4-19(18)16-33(26)28(35)17-5-9-23(10-6-17)32-27(34)24-11-7-22(30)15-25(24)31/h1-12,14-15H,13,16H2,(H,32,34). The molecular formula is C28H19Cl3N2O2. The Balaban J connectivity index is 1.41. The van der Waals surface area contributed by atoms with Crippen LogP contribution in [0.3, 0.4) is 0 Å². The van der Waals surface area contributed by atoms with E-state index < -0.39 is 0 Å². The second-order valence-corrected chi connectivity index (χ2v) is 9.55. The molecule has 4 nitrogen and oxygen atoms in total. The Bertz CT molecular complexity index is 1450. The molecule has 0 saturated carbocycles. The summed E-state index contributed by atoms with van der Waals surface area (Å²) in [6.07, 6.45) is 0.702. The fourth-order valence-corrected chi connectivity index (χ4v) is 4.90. The average molecular weight is 522 g/mol. The van der Waals surface area contributed by atoms with Gasteiger partial charge in [-0.05, 0) is 83.8 Å². The van der Waals surface area contributed by atoms with Gasteiger partial charge in [0, 0.05) is 27.0 Å². The molecule has 1 N–H and O–H groups in total. The van der Waals surface area contributed by atoms with Gasteiger partial charge < -0.3 is 10.2 Å². The molecule has 0 aromatic heterocycles. The maximum absolute atomic E-state index is 13.6. The van der Waals surface area contributed by atoms with Crippen LogP contribution in [0.4, 0.5) is 11.4 Å². The summed E-state index contributed by atoms with van der Waals surface area (Å²) in [6.45, 7) is 0.456. The summed E-state index contributed by atoms with van der Waals surface area (Å²) >= 11 is 18.3. The van der Waals surface area contributed by atoms with Crippen molar-refractivity contribution >= 4 is 58.0 Å². The monoisotopic (exact) mass is 520 g/mol. The highest BCUT2D eigenvalue weighted by atomic mass is 35.5. The third-order valence-corrected chi connectivity index (χ3v) is 6.75. The lowest BCUT2D eigenvalue weighted by Gasteiger charge is -2.24. The van der Waals surface area contributed by atoms with Crippen molar-refractivity contribution in [2.75, 3.05) is 10.2 Å². The van der Waals surface area contributed by atoms with Crippen LogP contribution in [-0.4, -0.2) is 11.8 Å². The van der Waals surface area contributed by atoms with Crippen LogP contribution in [-0.2, 0) is 13.0 Å². The Labute approximate surface area is 218 Å². The van der Waals surface area contributed by atoms with Crippen LogP contribution < -0.4 is 10.2 Å². The quantitative estimate of drug-likeness (QED) is 0.301. The van der Waals surface area contributed by atoms with Crippen LogP contribution in [0.25, 0.3) is 0 Å². The Hall–Kier alpha value is -3.31. The summed E-state index contributed by atoms with van der Waals surface area (Å²) < 4.78 is 0. The predicted molar refractivity (Wildman–Crippen MR) is 142 cm³/mol. The first kappa shape index (κ1) is 23.4. The summed E-state index contributed by atoms with van der Waals surface area (Å²) in [5, 5.41) is 4.16. The third kappa shape index (κ3) is 4.92. The van der Waals surface area contributed by atoms with E-state index in [1.807, 2.05) is 30.3 Å². The molecular weight excluding hydrogens is 503 g/mol. The van der Waals surface area contributed by atoms with Crippen LogP contribution in [0.1, 0.15) is 37.4 Å². The van der Waals surface area contributed by atoms with Gasteiger partial charge in [-0.1, -0.05) is 59.1 Å². The fraction of sp³-hybridized carbons (Fsp3) is 0.0714. The molecule has 0 aliphatic carbocycles. The van der Waals surface area contributed by atoms with E-state index in [0.29, 0.717) is 39.8 Å². The number of carbonyl (C=O) groups excluding carboxylic acids is 2. The number of amides is 2. The number of carbonyl (C=O) groups is 2. The molecule has 0 spiro atoms. The molecule has 1 heterocycles. The van der Waals surface area contributed by atoms with Crippen molar-refractivity contribution in [1.82, 2.24) is 0 Å². The molecule has 5 rings (SSSR count). The molecule has 0 unspecified atom stereocenters. The van der Waals surface area contributed by atoms with Gasteiger partial charge in [-0.3, -0.25) is 9.59 Å². The SMILES string of the molecule is O=C(Nc1ccc(C(=O)N2Cc3ccccc3Cc3cc(Cl)ccc32)cc1)c1ccc(Cl)cc1Cl. The van der Waals surface area contributed by atoms with Crippen molar-refractivity contribution < 1.29 is 9.59 Å². The molecule has 4 aromatic rings. The van der Waals surface area contributed by atoms with Gasteiger partial charge in [0.15, 0.2) is 0 Å². The molecule has 0 radical (unpaired) electrons. The highest BCUT2D eigenvalue weighted by molar-refractivity contribution is 6.37. The van der Waals surface area contributed by atoms with E-state index in [4.69, 9.17) is 34.8 Å². The van der Waals surface area contributed by atoms with E-state index in [1.54, 1.807) is 47.4 Å². The Morgan fingerprint density at radius 3 is 2.17 bits per heavy atom. The zero-order chi connectivity index (χ0) is 24.5. The van der Waals surface area contributed by atoms with Crippen LogP contribution in [0.15, 0.2) is 84.9 Å². The van der Waals surface area contributed by atoms with Gasteiger partial charge in [-0.25, -0.2) is 0 Å². The number of benzene rings is 4. The minimum Gasteiger partial charge on any atom is -0.322 e. The van der Waals surface area contributed by atoms with E-state index in [9.17, 15) is 9.59 Å². The first-order valence-electron chi connectivity index (χ1n) is 10.9. The van der Waals surface area contributed by atoms with Gasteiger partial charge in [-0.2, -0.15) is 0 Å². The molecule has 4 aromatic carbocycles. The maximum Gasteiger partial charge on any atom is 0.258 e. The van der Waals surface area contributed by atoms with Gasteiger partial charge in [-0.15, -0.1) is 0 Å². The summed E-state index contributed by atoms with van der Waals surface area (Å²) in [6, 6.07) is 25.2. The lowest BCUT2D eigenvalue weighted by atomic mass is 10.0. The van der Waals surface area contributed by atoms with E-state index in [-0.39, 0.29) is 16.8 Å². The summed E-state index contributed by atoms with van der Waals surface area (Å²) in [5.74, 6) is -0.496. The van der Waals surface area contributed by atoms with Crippen LogP contribution in [0.2, 0.25) is 15.1 Å². The van der Waals surface area contributed by atoms with Gasteiger partial charge >= 0.3 is 0 Å². The molecule has 2 amide bonds. The second kappa shape index (κ2) is 9.74. The summed E-state index contributed by atoms with van der Waals surface area (Å²) in [4.78, 5) is 28.0. The lowest BCUT2D eigenvalue weighted by molar-refractivity contribution is 0.0984. The first-order chi connectivity index (χ1) is 16.9. The molecule has 0 saturated heterocycles. The minimum atomic E-state index is -0.360. The number of hydrogen-bond donors (Lipinski definition) is 1. The van der Waals surface area contributed by atoms with Crippen molar-refractivity contribution in [2.45, 2.75) is 13.0 Å². The van der Waals surface area contributed by atoms with E-state index in [0.717, 1.165) is 16.8 Å². The molecule has 7 heteroatoms. The zero-order valence-electron chi connectivity index (χ0n) is 18.4. The Morgan fingerprint density at radius 1 is 0.743 bits per heavy atom. The van der Waals surface area contributed by atoms with Crippen molar-refractivity contribution in [3.05, 3.63) is 128 Å². The summed E-state index contributed by atoms with van der Waals surface area (Å²) in [7, 11) is 0. The number of nitrogens with zero attached hydrogens (tertiary/aromatic N) is 1. The second-order valence-electron chi connectivity index (χ2n) is 8.27. The third-order valence-electron chi connectivity index (χ3n) is 5.97. The summed E-state index contributed by atoms with van der Waals surface area (Å²) in [5.41, 5.74) is 5.47. The normalized spacial score (nSPS) is 12.4. The largest absolute Gasteiger partial charge is 0.322 e. The van der Waals surface area contributed by atoms with Crippen molar-refractivity contribution in [2.24, 2.45) is 0 Å². The number of halogens is 3. The Morgan fingerprint density at radius 2 is 1.43 bits per heavy atom. The van der Waals surface area contributed by atoms with Gasteiger partial charge in [0.05, 0.1) is 17.1 Å². The molecule has 1 aliphatic heterocycles. The number of fused-ring (bicyclic) bond motifs is 2. The molecule has 0 bridgehead atoms. The number of nitrogens with one attached hydrogen (secondary N) is 1. The molecule has 0 fully saturated rings. The number of anilines is 2.